The van der Waals surface area contributed by atoms with E-state index in [2.05, 4.69) is 14.3 Å². The number of sulfone groups is 1. The summed E-state index contributed by atoms with van der Waals surface area (Å²) in [6, 6.07) is 4.10. The molecule has 0 saturated carbocycles. The van der Waals surface area contributed by atoms with E-state index in [1.807, 2.05) is 18.7 Å². The van der Waals surface area contributed by atoms with Crippen LogP contribution in [0.5, 0.6) is 0 Å². The molecule has 3 heterocycles. The number of hydrogen-bond donors (Lipinski definition) is 0. The van der Waals surface area contributed by atoms with Crippen LogP contribution >= 0.6 is 11.5 Å². The molecular formula is C23H31FN4O4S2. The van der Waals surface area contributed by atoms with Gasteiger partial charge in [0.15, 0.2) is 15.7 Å². The number of aromatic nitrogens is 2. The van der Waals surface area contributed by atoms with Crippen LogP contribution in [0.15, 0.2) is 23.1 Å². The quantitative estimate of drug-likeness (QED) is 0.565. The number of nitrogens with zero attached hydrogens (tertiary/aromatic N) is 4. The van der Waals surface area contributed by atoms with Gasteiger partial charge in [0.2, 0.25) is 11.0 Å². The van der Waals surface area contributed by atoms with E-state index in [4.69, 9.17) is 4.74 Å². The van der Waals surface area contributed by atoms with Crippen molar-refractivity contribution in [1.82, 2.24) is 14.3 Å². The van der Waals surface area contributed by atoms with E-state index < -0.39 is 21.3 Å². The summed E-state index contributed by atoms with van der Waals surface area (Å²) in [7, 11) is -1.82. The van der Waals surface area contributed by atoms with E-state index >= 15 is 0 Å². The first kappa shape index (κ1) is 25.0. The number of piperidine rings is 1. The van der Waals surface area contributed by atoms with Crippen molar-refractivity contribution in [3.8, 4) is 0 Å². The molecule has 2 aromatic rings. The van der Waals surface area contributed by atoms with Gasteiger partial charge in [-0.1, -0.05) is 6.07 Å². The van der Waals surface area contributed by atoms with Gasteiger partial charge in [0.25, 0.3) is 0 Å². The Kier molecular flexibility index (Phi) is 6.99. The van der Waals surface area contributed by atoms with E-state index in [1.54, 1.807) is 7.11 Å². The van der Waals surface area contributed by atoms with E-state index in [9.17, 15) is 17.6 Å². The van der Waals surface area contributed by atoms with Crippen LogP contribution in [-0.2, 0) is 31.4 Å². The highest BCUT2D eigenvalue weighted by molar-refractivity contribution is 7.90. The number of rotatable bonds is 7. The number of anilines is 1. The third-order valence-corrected chi connectivity index (χ3v) is 8.80. The predicted molar refractivity (Wildman–Crippen MR) is 128 cm³/mol. The fourth-order valence-electron chi connectivity index (χ4n) is 4.55. The summed E-state index contributed by atoms with van der Waals surface area (Å²) in [6.45, 7) is 6.13. The molecule has 2 aliphatic rings. The molecular weight excluding hydrogens is 479 g/mol. The number of halogens is 1. The first-order chi connectivity index (χ1) is 16.0. The minimum atomic E-state index is -3.47. The number of benzene rings is 1. The second-order valence-corrected chi connectivity index (χ2v) is 12.3. The molecule has 4 rings (SSSR count). The lowest BCUT2D eigenvalue weighted by atomic mass is 9.97. The van der Waals surface area contributed by atoms with Gasteiger partial charge in [0.05, 0.1) is 4.90 Å². The van der Waals surface area contributed by atoms with E-state index in [0.29, 0.717) is 24.4 Å². The van der Waals surface area contributed by atoms with Gasteiger partial charge in [0.1, 0.15) is 11.4 Å². The van der Waals surface area contributed by atoms with Crippen molar-refractivity contribution in [1.29, 1.82) is 0 Å². The minimum Gasteiger partial charge on any atom is -0.371 e. The Bertz CT molecular complexity index is 1160. The van der Waals surface area contributed by atoms with Crippen LogP contribution in [0.2, 0.25) is 0 Å². The Morgan fingerprint density at radius 2 is 1.91 bits per heavy atom. The molecule has 1 atom stereocenters. The molecule has 0 bridgehead atoms. The second kappa shape index (κ2) is 9.50. The van der Waals surface area contributed by atoms with E-state index in [-0.39, 0.29) is 29.2 Å². The summed E-state index contributed by atoms with van der Waals surface area (Å²) >= 11 is 1.37. The highest BCUT2D eigenvalue weighted by Crippen LogP contribution is 2.32. The summed E-state index contributed by atoms with van der Waals surface area (Å²) in [5, 5.41) is 0.872. The number of hydrogen-bond acceptors (Lipinski definition) is 8. The number of ether oxygens (including phenoxy) is 1. The van der Waals surface area contributed by atoms with Gasteiger partial charge >= 0.3 is 0 Å². The maximum atomic E-state index is 14.5. The zero-order valence-electron chi connectivity index (χ0n) is 20.0. The average Bonchev–Trinajstić information content (AvgIpc) is 3.43. The molecule has 2 saturated heterocycles. The third kappa shape index (κ3) is 5.11. The molecule has 8 nitrogen and oxygen atoms in total. The number of methoxy groups -OCH3 is 1. The van der Waals surface area contributed by atoms with E-state index in [1.165, 1.54) is 23.7 Å². The van der Waals surface area contributed by atoms with Crippen LogP contribution in [0.25, 0.3) is 0 Å². The van der Waals surface area contributed by atoms with Crippen LogP contribution in [0.3, 0.4) is 0 Å². The standard InChI is InChI=1S/C23H31FN4O4S2/c1-23(2,32-3)21-25-22(33-26-21)27-10-8-17(9-11-27)28-12-7-16(20(28)29)13-15-5-6-18(14-19(15)24)34(4,30)31/h5-6,14,16-17H,7-13H2,1-4H3/t16-/m1/s1. The predicted octanol–water partition coefficient (Wildman–Crippen LogP) is 3.02. The van der Waals surface area contributed by atoms with Crippen molar-refractivity contribution in [2.24, 2.45) is 5.92 Å². The lowest BCUT2D eigenvalue weighted by Gasteiger charge is -2.36. The van der Waals surface area contributed by atoms with E-state index in [0.717, 1.165) is 43.4 Å². The average molecular weight is 511 g/mol. The number of likely N-dealkylation sites (tertiary alicyclic amines) is 1. The molecule has 0 unspecified atom stereocenters. The van der Waals surface area contributed by atoms with Gasteiger partial charge < -0.3 is 14.5 Å². The normalized spacial score (nSPS) is 20.4. The van der Waals surface area contributed by atoms with Crippen LogP contribution < -0.4 is 4.90 Å². The van der Waals surface area contributed by atoms with Gasteiger partial charge in [-0.2, -0.15) is 4.37 Å². The Morgan fingerprint density at radius 3 is 2.53 bits per heavy atom. The van der Waals surface area contributed by atoms with Crippen LogP contribution in [0, 0.1) is 11.7 Å². The van der Waals surface area contributed by atoms with Crippen molar-refractivity contribution in [2.75, 3.05) is 37.9 Å². The molecule has 0 aliphatic carbocycles. The van der Waals surface area contributed by atoms with Gasteiger partial charge in [-0.15, -0.1) is 0 Å². The first-order valence-electron chi connectivity index (χ1n) is 11.4. The minimum absolute atomic E-state index is 0.0479. The van der Waals surface area contributed by atoms with Gasteiger partial charge in [-0.25, -0.2) is 17.8 Å². The molecule has 186 valence electrons. The SMILES string of the molecule is COC(C)(C)c1nsc(N2CCC(N3CC[C@H](Cc4ccc(S(C)(=O)=O)cc4F)C3=O)CC2)n1. The molecule has 0 radical (unpaired) electrons. The summed E-state index contributed by atoms with van der Waals surface area (Å²) in [6.07, 6.45) is 3.71. The zero-order valence-corrected chi connectivity index (χ0v) is 21.6. The Morgan fingerprint density at radius 1 is 1.21 bits per heavy atom. The van der Waals surface area contributed by atoms with Crippen molar-refractivity contribution in [3.63, 3.8) is 0 Å². The maximum absolute atomic E-state index is 14.5. The summed E-state index contributed by atoms with van der Waals surface area (Å²) < 4.78 is 47.7. The lowest BCUT2D eigenvalue weighted by Crippen LogP contribution is -2.46. The fourth-order valence-corrected chi connectivity index (χ4v) is 6.04. The molecule has 0 spiro atoms. The molecule has 1 aromatic carbocycles. The highest BCUT2D eigenvalue weighted by atomic mass is 32.2. The van der Waals surface area contributed by atoms with Gasteiger partial charge in [0, 0.05) is 56.5 Å². The van der Waals surface area contributed by atoms with Crippen LogP contribution in [-0.4, -0.2) is 67.6 Å². The Hall–Kier alpha value is -2.11. The van der Waals surface area contributed by atoms with Crippen molar-refractivity contribution in [3.05, 3.63) is 35.4 Å². The Labute approximate surface area is 204 Å². The van der Waals surface area contributed by atoms with Gasteiger partial charge in [-0.05, 0) is 57.2 Å². The topological polar surface area (TPSA) is 92.7 Å². The smallest absolute Gasteiger partial charge is 0.226 e. The molecule has 34 heavy (non-hydrogen) atoms. The van der Waals surface area contributed by atoms with Crippen LogP contribution in [0.1, 0.15) is 44.5 Å². The number of carbonyl (C=O) groups excluding carboxylic acids is 1. The van der Waals surface area contributed by atoms with Crippen molar-refractivity contribution < 1.29 is 22.3 Å². The Balaban J connectivity index is 1.34. The number of amides is 1. The molecule has 0 N–H and O–H groups in total. The molecule has 11 heteroatoms. The number of carbonyl (C=O) groups is 1. The molecule has 1 amide bonds. The zero-order chi connectivity index (χ0) is 24.7. The van der Waals surface area contributed by atoms with Crippen molar-refractivity contribution >= 4 is 32.4 Å². The maximum Gasteiger partial charge on any atom is 0.226 e. The largest absolute Gasteiger partial charge is 0.371 e. The fraction of sp³-hybridized carbons (Fsp3) is 0.609. The summed E-state index contributed by atoms with van der Waals surface area (Å²) in [4.78, 5) is 21.9. The second-order valence-electron chi connectivity index (χ2n) is 9.58. The molecule has 1 aromatic heterocycles. The first-order valence-corrected chi connectivity index (χ1v) is 14.1. The highest BCUT2D eigenvalue weighted by Gasteiger charge is 2.38. The van der Waals surface area contributed by atoms with Crippen molar-refractivity contribution in [2.45, 2.75) is 56.1 Å². The third-order valence-electron chi connectivity index (χ3n) is 6.91. The van der Waals surface area contributed by atoms with Gasteiger partial charge in [-0.3, -0.25) is 4.79 Å². The monoisotopic (exact) mass is 510 g/mol. The summed E-state index contributed by atoms with van der Waals surface area (Å²) in [5.74, 6) is -0.120. The summed E-state index contributed by atoms with van der Waals surface area (Å²) in [5.41, 5.74) is -0.150. The molecule has 2 aliphatic heterocycles. The molecule has 2 fully saturated rings. The lowest BCUT2D eigenvalue weighted by molar-refractivity contribution is -0.133. The van der Waals surface area contributed by atoms with Crippen LogP contribution in [0.4, 0.5) is 9.52 Å².